The molecule has 0 saturated heterocycles. The lowest BCUT2D eigenvalue weighted by molar-refractivity contribution is 0.151. The number of H-pyrrole nitrogens is 1. The van der Waals surface area contributed by atoms with Crippen molar-refractivity contribution in [1.82, 2.24) is 19.6 Å². The quantitative estimate of drug-likeness (QED) is 0.670. The van der Waals surface area contributed by atoms with Gasteiger partial charge in [-0.3, -0.25) is 4.79 Å². The third-order valence-electron chi connectivity index (χ3n) is 5.02. The van der Waals surface area contributed by atoms with Crippen molar-refractivity contribution in [2.75, 3.05) is 0 Å². The second-order valence-electron chi connectivity index (χ2n) is 7.37. The Bertz CT molecular complexity index is 970. The van der Waals surface area contributed by atoms with E-state index in [1.54, 1.807) is 11.4 Å². The monoisotopic (exact) mass is 368 g/mol. The van der Waals surface area contributed by atoms with Gasteiger partial charge in [-0.15, -0.1) is 0 Å². The van der Waals surface area contributed by atoms with Crippen LogP contribution in [0.5, 0.6) is 0 Å². The topological polar surface area (TPSA) is 83.3 Å². The van der Waals surface area contributed by atoms with E-state index in [1.165, 1.54) is 5.56 Å². The van der Waals surface area contributed by atoms with Gasteiger partial charge in [-0.1, -0.05) is 49.6 Å². The Morgan fingerprint density at radius 1 is 1.22 bits per heavy atom. The Hall–Kier alpha value is -2.47. The highest BCUT2D eigenvalue weighted by molar-refractivity contribution is 5.50. The number of aliphatic hydroxyl groups excluding tert-OH is 1. The van der Waals surface area contributed by atoms with E-state index in [-0.39, 0.29) is 11.5 Å². The molecule has 0 spiro atoms. The zero-order valence-corrected chi connectivity index (χ0v) is 16.5. The molecule has 3 rings (SSSR count). The smallest absolute Gasteiger partial charge is 0.277 e. The summed E-state index contributed by atoms with van der Waals surface area (Å²) in [5, 5.41) is 15.0. The van der Waals surface area contributed by atoms with Crippen molar-refractivity contribution >= 4 is 5.52 Å². The highest BCUT2D eigenvalue weighted by Gasteiger charge is 2.25. The highest BCUT2D eigenvalue weighted by Crippen LogP contribution is 2.26. The minimum atomic E-state index is -0.553. The van der Waals surface area contributed by atoms with Crippen molar-refractivity contribution in [1.29, 1.82) is 0 Å². The summed E-state index contributed by atoms with van der Waals surface area (Å²) in [4.78, 5) is 20.2. The van der Waals surface area contributed by atoms with Gasteiger partial charge in [0.05, 0.1) is 11.8 Å². The van der Waals surface area contributed by atoms with E-state index in [4.69, 9.17) is 0 Å². The summed E-state index contributed by atoms with van der Waals surface area (Å²) in [5.74, 6) is 1.12. The number of hydrogen-bond acceptors (Lipinski definition) is 4. The molecule has 2 aromatic heterocycles. The van der Waals surface area contributed by atoms with Crippen LogP contribution in [0.3, 0.4) is 0 Å². The van der Waals surface area contributed by atoms with E-state index in [0.29, 0.717) is 29.3 Å². The van der Waals surface area contributed by atoms with E-state index in [1.807, 2.05) is 38.1 Å². The van der Waals surface area contributed by atoms with Crippen LogP contribution in [0.1, 0.15) is 67.5 Å². The molecule has 2 unspecified atom stereocenters. The number of imidazole rings is 1. The van der Waals surface area contributed by atoms with Crippen LogP contribution in [0.4, 0.5) is 0 Å². The summed E-state index contributed by atoms with van der Waals surface area (Å²) in [6.07, 6.45) is 2.83. The maximum Gasteiger partial charge on any atom is 0.277 e. The number of unbranched alkanes of at least 4 members (excludes halogenated alkanes) is 1. The minimum absolute atomic E-state index is 0.146. The predicted molar refractivity (Wildman–Crippen MR) is 106 cm³/mol. The number of benzene rings is 1. The first-order valence-corrected chi connectivity index (χ1v) is 9.62. The fourth-order valence-corrected chi connectivity index (χ4v) is 3.47. The maximum atomic E-state index is 12.7. The second kappa shape index (κ2) is 8.05. The van der Waals surface area contributed by atoms with Crippen LogP contribution < -0.4 is 5.56 Å². The SMILES string of the molecule is CCCCC(c1nc(C)c2c(=O)[nH]c(Cc3ccc(C)cc3)nn12)C(C)O. The van der Waals surface area contributed by atoms with Crippen LogP contribution in [-0.2, 0) is 6.42 Å². The molecular weight excluding hydrogens is 340 g/mol. The van der Waals surface area contributed by atoms with Crippen LogP contribution in [0.15, 0.2) is 29.1 Å². The van der Waals surface area contributed by atoms with Gasteiger partial charge in [0.2, 0.25) is 0 Å². The Morgan fingerprint density at radius 2 is 1.93 bits per heavy atom. The molecule has 0 aliphatic carbocycles. The maximum absolute atomic E-state index is 12.7. The van der Waals surface area contributed by atoms with Crippen molar-refractivity contribution < 1.29 is 5.11 Å². The first kappa shape index (κ1) is 19.3. The van der Waals surface area contributed by atoms with Gasteiger partial charge in [0.1, 0.15) is 11.6 Å². The minimum Gasteiger partial charge on any atom is -0.393 e. The summed E-state index contributed by atoms with van der Waals surface area (Å²) < 4.78 is 1.64. The molecule has 2 heterocycles. The lowest BCUT2D eigenvalue weighted by Gasteiger charge is -2.18. The number of aromatic amines is 1. The molecule has 3 aromatic rings. The Balaban J connectivity index is 2.06. The van der Waals surface area contributed by atoms with Gasteiger partial charge in [-0.05, 0) is 32.8 Å². The van der Waals surface area contributed by atoms with Crippen molar-refractivity contribution in [2.24, 2.45) is 0 Å². The van der Waals surface area contributed by atoms with Crippen LogP contribution >= 0.6 is 0 Å². The molecule has 6 nitrogen and oxygen atoms in total. The molecule has 6 heteroatoms. The number of hydrogen-bond donors (Lipinski definition) is 2. The van der Waals surface area contributed by atoms with Gasteiger partial charge in [-0.25, -0.2) is 9.50 Å². The van der Waals surface area contributed by atoms with Gasteiger partial charge >= 0.3 is 0 Å². The number of aryl methyl sites for hydroxylation is 2. The largest absolute Gasteiger partial charge is 0.393 e. The van der Waals surface area contributed by atoms with Gasteiger partial charge in [0.15, 0.2) is 5.52 Å². The summed E-state index contributed by atoms with van der Waals surface area (Å²) in [6, 6.07) is 8.18. The zero-order valence-electron chi connectivity index (χ0n) is 16.5. The summed E-state index contributed by atoms with van der Waals surface area (Å²) in [5.41, 5.74) is 3.18. The molecule has 0 saturated carbocycles. The lowest BCUT2D eigenvalue weighted by atomic mass is 9.96. The Labute approximate surface area is 159 Å². The fourth-order valence-electron chi connectivity index (χ4n) is 3.47. The number of nitrogens with one attached hydrogen (secondary N) is 1. The number of fused-ring (bicyclic) bond motifs is 1. The number of rotatable bonds is 7. The fraction of sp³-hybridized carbons (Fsp3) is 0.476. The molecule has 0 aliphatic rings. The molecule has 0 amide bonds. The summed E-state index contributed by atoms with van der Waals surface area (Å²) in [7, 11) is 0. The van der Waals surface area contributed by atoms with Crippen molar-refractivity contribution in [3.8, 4) is 0 Å². The predicted octanol–water partition coefficient (Wildman–Crippen LogP) is 3.28. The molecular formula is C21H28N4O2. The van der Waals surface area contributed by atoms with Crippen LogP contribution in [-0.4, -0.2) is 30.8 Å². The summed E-state index contributed by atoms with van der Waals surface area (Å²) >= 11 is 0. The second-order valence-corrected chi connectivity index (χ2v) is 7.37. The van der Waals surface area contributed by atoms with E-state index >= 15 is 0 Å². The first-order valence-electron chi connectivity index (χ1n) is 9.62. The van der Waals surface area contributed by atoms with Gasteiger partial charge in [0, 0.05) is 12.3 Å². The van der Waals surface area contributed by atoms with Gasteiger partial charge < -0.3 is 10.1 Å². The van der Waals surface area contributed by atoms with Gasteiger partial charge in [0.25, 0.3) is 5.56 Å². The van der Waals surface area contributed by atoms with Crippen LogP contribution in [0.25, 0.3) is 5.52 Å². The molecule has 0 radical (unpaired) electrons. The third kappa shape index (κ3) is 4.11. The number of nitrogens with zero attached hydrogens (tertiary/aromatic N) is 3. The van der Waals surface area contributed by atoms with E-state index < -0.39 is 6.10 Å². The number of aliphatic hydroxyl groups is 1. The van der Waals surface area contributed by atoms with Crippen LogP contribution in [0.2, 0.25) is 0 Å². The highest BCUT2D eigenvalue weighted by atomic mass is 16.3. The standard InChI is InChI=1S/C21H28N4O2/c1-5-6-7-17(15(4)26)20-22-14(3)19-21(27)23-18(24-25(19)20)12-16-10-8-13(2)9-11-16/h8-11,15,17,26H,5-7,12H2,1-4H3,(H,23,24,27). The van der Waals surface area contributed by atoms with E-state index in [0.717, 1.165) is 24.8 Å². The molecule has 2 atom stereocenters. The molecule has 2 N–H and O–H groups in total. The van der Waals surface area contributed by atoms with E-state index in [2.05, 4.69) is 22.0 Å². The lowest BCUT2D eigenvalue weighted by Crippen LogP contribution is -2.22. The Morgan fingerprint density at radius 3 is 2.56 bits per heavy atom. The van der Waals surface area contributed by atoms with Crippen molar-refractivity contribution in [3.05, 3.63) is 63.1 Å². The molecule has 1 aromatic carbocycles. The third-order valence-corrected chi connectivity index (χ3v) is 5.02. The average molecular weight is 368 g/mol. The molecule has 0 fully saturated rings. The zero-order chi connectivity index (χ0) is 19.6. The Kier molecular flexibility index (Phi) is 5.75. The van der Waals surface area contributed by atoms with Gasteiger partial charge in [-0.2, -0.15) is 5.10 Å². The summed E-state index contributed by atoms with van der Waals surface area (Å²) in [6.45, 7) is 7.76. The average Bonchev–Trinajstić information content (AvgIpc) is 2.94. The first-order chi connectivity index (χ1) is 12.9. The number of aromatic nitrogens is 4. The van der Waals surface area contributed by atoms with E-state index in [9.17, 15) is 9.90 Å². The van der Waals surface area contributed by atoms with Crippen molar-refractivity contribution in [2.45, 2.75) is 65.4 Å². The molecule has 0 bridgehead atoms. The van der Waals surface area contributed by atoms with Crippen molar-refractivity contribution in [3.63, 3.8) is 0 Å². The molecule has 144 valence electrons. The molecule has 27 heavy (non-hydrogen) atoms. The normalized spacial score (nSPS) is 13.8. The van der Waals surface area contributed by atoms with Crippen LogP contribution in [0, 0.1) is 13.8 Å². The molecule has 0 aliphatic heterocycles.